The first-order valence-corrected chi connectivity index (χ1v) is 7.15. The predicted octanol–water partition coefficient (Wildman–Crippen LogP) is 2.88. The maximum atomic E-state index is 6.00. The van der Waals surface area contributed by atoms with Crippen LogP contribution < -0.4 is 10.6 Å². The van der Waals surface area contributed by atoms with E-state index in [9.17, 15) is 0 Å². The molecule has 2 rings (SSSR count). The van der Waals surface area contributed by atoms with Crippen LogP contribution in [0.5, 0.6) is 0 Å². The Kier molecular flexibility index (Phi) is 4.59. The lowest BCUT2D eigenvalue weighted by molar-refractivity contribution is 0.374. The van der Waals surface area contributed by atoms with Crippen molar-refractivity contribution in [3.05, 3.63) is 23.9 Å². The highest BCUT2D eigenvalue weighted by atomic mass is 15.2. The molecule has 0 amide bonds. The molecule has 18 heavy (non-hydrogen) atoms. The van der Waals surface area contributed by atoms with E-state index >= 15 is 0 Å². The molecule has 1 saturated carbocycles. The van der Waals surface area contributed by atoms with Crippen LogP contribution >= 0.6 is 0 Å². The van der Waals surface area contributed by atoms with Crippen molar-refractivity contribution in [2.24, 2.45) is 5.73 Å². The van der Waals surface area contributed by atoms with Crippen LogP contribution in [0.3, 0.4) is 0 Å². The zero-order chi connectivity index (χ0) is 13.0. The summed E-state index contributed by atoms with van der Waals surface area (Å²) in [6, 6.07) is 5.34. The van der Waals surface area contributed by atoms with E-state index in [0.717, 1.165) is 31.6 Å². The van der Waals surface area contributed by atoms with Crippen LogP contribution in [0.1, 0.15) is 44.6 Å². The van der Waals surface area contributed by atoms with Gasteiger partial charge in [-0.1, -0.05) is 13.0 Å². The number of aryl methyl sites for hydroxylation is 1. The molecule has 1 fully saturated rings. The number of anilines is 1. The lowest BCUT2D eigenvalue weighted by atomic mass is 9.90. The molecule has 0 aromatic carbocycles. The summed E-state index contributed by atoms with van der Waals surface area (Å²) in [7, 11) is 0. The number of nitrogens with zero attached hydrogens (tertiary/aromatic N) is 2. The summed E-state index contributed by atoms with van der Waals surface area (Å²) in [4.78, 5) is 7.06. The molecule has 1 aliphatic rings. The third-order valence-corrected chi connectivity index (χ3v) is 3.84. The zero-order valence-electron chi connectivity index (χ0n) is 11.6. The van der Waals surface area contributed by atoms with Gasteiger partial charge in [0.2, 0.25) is 0 Å². The Hall–Kier alpha value is -1.09. The summed E-state index contributed by atoms with van der Waals surface area (Å²) in [6.07, 6.45) is 7.84. The molecule has 0 saturated heterocycles. The maximum absolute atomic E-state index is 6.00. The molecule has 1 aromatic heterocycles. The molecule has 0 spiro atoms. The van der Waals surface area contributed by atoms with Gasteiger partial charge in [0.25, 0.3) is 0 Å². The van der Waals surface area contributed by atoms with Crippen LogP contribution in [0.4, 0.5) is 5.82 Å². The van der Waals surface area contributed by atoms with Gasteiger partial charge < -0.3 is 10.6 Å². The first-order valence-electron chi connectivity index (χ1n) is 7.15. The van der Waals surface area contributed by atoms with E-state index < -0.39 is 0 Å². The van der Waals surface area contributed by atoms with Crippen molar-refractivity contribution < 1.29 is 0 Å². The summed E-state index contributed by atoms with van der Waals surface area (Å²) in [5.41, 5.74) is 7.22. The molecular weight excluding hydrogens is 222 g/mol. The average molecular weight is 247 g/mol. The van der Waals surface area contributed by atoms with Gasteiger partial charge in [0, 0.05) is 24.8 Å². The molecule has 2 N–H and O–H groups in total. The van der Waals surface area contributed by atoms with Gasteiger partial charge in [-0.05, 0) is 50.7 Å². The second-order valence-corrected chi connectivity index (χ2v) is 5.46. The monoisotopic (exact) mass is 247 g/mol. The molecular formula is C15H25N3. The maximum Gasteiger partial charge on any atom is 0.128 e. The van der Waals surface area contributed by atoms with E-state index in [0.29, 0.717) is 12.1 Å². The third kappa shape index (κ3) is 3.22. The Balaban J connectivity index is 2.09. The summed E-state index contributed by atoms with van der Waals surface area (Å²) >= 11 is 0. The van der Waals surface area contributed by atoms with Crippen molar-refractivity contribution in [2.75, 3.05) is 11.4 Å². The first-order chi connectivity index (χ1) is 8.70. The van der Waals surface area contributed by atoms with Crippen molar-refractivity contribution in [2.45, 2.75) is 58.0 Å². The summed E-state index contributed by atoms with van der Waals surface area (Å²) in [5.74, 6) is 1.13. The summed E-state index contributed by atoms with van der Waals surface area (Å²) in [5, 5.41) is 0. The van der Waals surface area contributed by atoms with E-state index in [2.05, 4.69) is 35.9 Å². The summed E-state index contributed by atoms with van der Waals surface area (Å²) in [6.45, 7) is 5.41. The van der Waals surface area contributed by atoms with Crippen molar-refractivity contribution >= 4 is 5.82 Å². The van der Waals surface area contributed by atoms with Gasteiger partial charge in [0.05, 0.1) is 0 Å². The third-order valence-electron chi connectivity index (χ3n) is 3.84. The van der Waals surface area contributed by atoms with Crippen LogP contribution in [-0.4, -0.2) is 23.6 Å². The average Bonchev–Trinajstić information content (AvgIpc) is 2.39. The normalized spacial score (nSPS) is 23.9. The zero-order valence-corrected chi connectivity index (χ0v) is 11.6. The van der Waals surface area contributed by atoms with Crippen LogP contribution in [0.15, 0.2) is 18.3 Å². The second-order valence-electron chi connectivity index (χ2n) is 5.46. The van der Waals surface area contributed by atoms with Gasteiger partial charge in [-0.3, -0.25) is 0 Å². The fourth-order valence-corrected chi connectivity index (χ4v) is 2.77. The lowest BCUT2D eigenvalue weighted by Crippen LogP contribution is -2.41. The molecule has 0 unspecified atom stereocenters. The van der Waals surface area contributed by atoms with E-state index in [1.54, 1.807) is 0 Å². The molecule has 1 aliphatic carbocycles. The van der Waals surface area contributed by atoms with Gasteiger partial charge >= 0.3 is 0 Å². The number of hydrogen-bond acceptors (Lipinski definition) is 3. The molecule has 100 valence electrons. The van der Waals surface area contributed by atoms with Gasteiger partial charge in [0.1, 0.15) is 5.82 Å². The van der Waals surface area contributed by atoms with Crippen molar-refractivity contribution in [3.63, 3.8) is 0 Å². The minimum atomic E-state index is 0.413. The molecule has 1 aromatic rings. The molecule has 0 atom stereocenters. The van der Waals surface area contributed by atoms with Gasteiger partial charge in [-0.25, -0.2) is 4.98 Å². The van der Waals surface area contributed by atoms with Crippen molar-refractivity contribution in [1.29, 1.82) is 0 Å². The SMILES string of the molecule is CCCN(c1ccc(C)cn1)C1CCC(N)CC1. The highest BCUT2D eigenvalue weighted by Gasteiger charge is 2.24. The molecule has 0 aliphatic heterocycles. The quantitative estimate of drug-likeness (QED) is 0.889. The van der Waals surface area contributed by atoms with E-state index in [-0.39, 0.29) is 0 Å². The number of hydrogen-bond donors (Lipinski definition) is 1. The standard InChI is InChI=1S/C15H25N3/c1-3-10-18(14-7-5-13(16)6-8-14)15-9-4-12(2)11-17-15/h4,9,11,13-14H,3,5-8,10,16H2,1-2H3. The van der Waals surface area contributed by atoms with E-state index in [1.807, 2.05) is 6.20 Å². The Morgan fingerprint density at radius 1 is 1.28 bits per heavy atom. The highest BCUT2D eigenvalue weighted by Crippen LogP contribution is 2.26. The molecule has 0 bridgehead atoms. The van der Waals surface area contributed by atoms with Gasteiger partial charge in [-0.2, -0.15) is 0 Å². The number of nitrogens with two attached hydrogens (primary N) is 1. The van der Waals surface area contributed by atoms with E-state index in [4.69, 9.17) is 5.73 Å². The largest absolute Gasteiger partial charge is 0.354 e. The predicted molar refractivity (Wildman–Crippen MR) is 76.8 cm³/mol. The van der Waals surface area contributed by atoms with Crippen LogP contribution in [0.2, 0.25) is 0 Å². The number of pyridine rings is 1. The molecule has 3 nitrogen and oxygen atoms in total. The minimum Gasteiger partial charge on any atom is -0.354 e. The highest BCUT2D eigenvalue weighted by molar-refractivity contribution is 5.40. The smallest absolute Gasteiger partial charge is 0.128 e. The van der Waals surface area contributed by atoms with Crippen molar-refractivity contribution in [1.82, 2.24) is 4.98 Å². The molecule has 3 heteroatoms. The lowest BCUT2D eigenvalue weighted by Gasteiger charge is -2.36. The summed E-state index contributed by atoms with van der Waals surface area (Å²) < 4.78 is 0. The van der Waals surface area contributed by atoms with Crippen LogP contribution in [0.25, 0.3) is 0 Å². The van der Waals surface area contributed by atoms with Crippen molar-refractivity contribution in [3.8, 4) is 0 Å². The second kappa shape index (κ2) is 6.19. The fourth-order valence-electron chi connectivity index (χ4n) is 2.77. The minimum absolute atomic E-state index is 0.413. The topological polar surface area (TPSA) is 42.2 Å². The molecule has 0 radical (unpaired) electrons. The number of rotatable bonds is 4. The van der Waals surface area contributed by atoms with E-state index in [1.165, 1.54) is 18.4 Å². The van der Waals surface area contributed by atoms with Gasteiger partial charge in [0.15, 0.2) is 0 Å². The fraction of sp³-hybridized carbons (Fsp3) is 0.667. The van der Waals surface area contributed by atoms with Crippen LogP contribution in [0, 0.1) is 6.92 Å². The Morgan fingerprint density at radius 2 is 2.00 bits per heavy atom. The Bertz CT molecular complexity index is 353. The molecule has 1 heterocycles. The Morgan fingerprint density at radius 3 is 2.56 bits per heavy atom. The Labute approximate surface area is 110 Å². The van der Waals surface area contributed by atoms with Gasteiger partial charge in [-0.15, -0.1) is 0 Å². The van der Waals surface area contributed by atoms with Crippen LogP contribution in [-0.2, 0) is 0 Å². The number of aromatic nitrogens is 1. The first kappa shape index (κ1) is 13.3.